The van der Waals surface area contributed by atoms with Gasteiger partial charge in [0.2, 0.25) is 0 Å². The van der Waals surface area contributed by atoms with E-state index in [1.54, 1.807) is 17.5 Å². The first-order chi connectivity index (χ1) is 9.35. The number of thiazole rings is 1. The van der Waals surface area contributed by atoms with Crippen LogP contribution in [0.15, 0.2) is 29.6 Å². The Labute approximate surface area is 120 Å². The summed E-state index contributed by atoms with van der Waals surface area (Å²) in [7, 11) is 0. The molecule has 0 atom stereocenters. The van der Waals surface area contributed by atoms with E-state index in [2.05, 4.69) is 10.3 Å². The summed E-state index contributed by atoms with van der Waals surface area (Å²) in [6, 6.07) is 6.01. The molecule has 3 N–H and O–H groups in total. The SMILES string of the molecule is CC(C)(N)CNC(=O)c1csc(-c2ccc(F)cc2)n1. The van der Waals surface area contributed by atoms with Gasteiger partial charge >= 0.3 is 0 Å². The highest BCUT2D eigenvalue weighted by Crippen LogP contribution is 2.23. The fraction of sp³-hybridized carbons (Fsp3) is 0.286. The third kappa shape index (κ3) is 3.85. The van der Waals surface area contributed by atoms with Gasteiger partial charge in [-0.1, -0.05) is 0 Å². The summed E-state index contributed by atoms with van der Waals surface area (Å²) in [5.41, 5.74) is 6.47. The van der Waals surface area contributed by atoms with Crippen molar-refractivity contribution in [1.82, 2.24) is 10.3 Å². The number of halogens is 1. The molecule has 6 heteroatoms. The minimum absolute atomic E-state index is 0.256. The van der Waals surface area contributed by atoms with E-state index in [0.29, 0.717) is 17.2 Å². The first-order valence-corrected chi connectivity index (χ1v) is 7.02. The lowest BCUT2D eigenvalue weighted by molar-refractivity contribution is 0.0942. The van der Waals surface area contributed by atoms with Crippen molar-refractivity contribution in [2.45, 2.75) is 19.4 Å². The van der Waals surface area contributed by atoms with Gasteiger partial charge in [-0.2, -0.15) is 0 Å². The van der Waals surface area contributed by atoms with Crippen LogP contribution in [0.25, 0.3) is 10.6 Å². The van der Waals surface area contributed by atoms with Gasteiger partial charge in [0.1, 0.15) is 16.5 Å². The molecule has 0 saturated carbocycles. The Morgan fingerprint density at radius 3 is 2.65 bits per heavy atom. The third-order valence-corrected chi connectivity index (χ3v) is 3.42. The molecular weight excluding hydrogens is 277 g/mol. The number of carbonyl (C=O) groups is 1. The molecule has 0 unspecified atom stereocenters. The molecule has 0 spiro atoms. The van der Waals surface area contributed by atoms with Gasteiger partial charge in [-0.15, -0.1) is 11.3 Å². The predicted octanol–water partition coefficient (Wildman–Crippen LogP) is 2.42. The van der Waals surface area contributed by atoms with Gasteiger partial charge in [0.05, 0.1) is 0 Å². The van der Waals surface area contributed by atoms with Crippen LogP contribution in [0.5, 0.6) is 0 Å². The Morgan fingerprint density at radius 2 is 2.05 bits per heavy atom. The maximum atomic E-state index is 12.9. The molecule has 0 aliphatic heterocycles. The molecule has 1 amide bonds. The Hall–Kier alpha value is -1.79. The van der Waals surface area contributed by atoms with Crippen LogP contribution in [0.2, 0.25) is 0 Å². The molecule has 0 saturated heterocycles. The lowest BCUT2D eigenvalue weighted by Gasteiger charge is -2.18. The number of aromatic nitrogens is 1. The smallest absolute Gasteiger partial charge is 0.270 e. The van der Waals surface area contributed by atoms with Crippen molar-refractivity contribution in [3.05, 3.63) is 41.2 Å². The largest absolute Gasteiger partial charge is 0.349 e. The highest BCUT2D eigenvalue weighted by atomic mass is 32.1. The van der Waals surface area contributed by atoms with E-state index in [1.807, 2.05) is 13.8 Å². The number of nitrogens with two attached hydrogens (primary N) is 1. The van der Waals surface area contributed by atoms with Crippen molar-refractivity contribution < 1.29 is 9.18 Å². The molecule has 1 aromatic carbocycles. The number of carbonyl (C=O) groups excluding carboxylic acids is 1. The zero-order valence-corrected chi connectivity index (χ0v) is 12.1. The molecule has 1 aromatic heterocycles. The minimum Gasteiger partial charge on any atom is -0.349 e. The summed E-state index contributed by atoms with van der Waals surface area (Å²) in [5, 5.41) is 5.09. The predicted molar refractivity (Wildman–Crippen MR) is 78.1 cm³/mol. The number of nitrogens with one attached hydrogen (secondary N) is 1. The number of benzene rings is 1. The summed E-state index contributed by atoms with van der Waals surface area (Å²) in [4.78, 5) is 16.2. The fourth-order valence-corrected chi connectivity index (χ4v) is 2.31. The van der Waals surface area contributed by atoms with Gasteiger partial charge < -0.3 is 11.1 Å². The van der Waals surface area contributed by atoms with Crippen molar-refractivity contribution >= 4 is 17.2 Å². The number of rotatable bonds is 4. The van der Waals surface area contributed by atoms with E-state index in [9.17, 15) is 9.18 Å². The number of nitrogens with zero attached hydrogens (tertiary/aromatic N) is 1. The monoisotopic (exact) mass is 293 g/mol. The molecule has 0 aliphatic carbocycles. The highest BCUT2D eigenvalue weighted by molar-refractivity contribution is 7.13. The average Bonchev–Trinajstić information content (AvgIpc) is 2.85. The van der Waals surface area contributed by atoms with Crippen LogP contribution in [0.1, 0.15) is 24.3 Å². The van der Waals surface area contributed by atoms with Crippen molar-refractivity contribution in [2.75, 3.05) is 6.54 Å². The summed E-state index contributed by atoms with van der Waals surface area (Å²) >= 11 is 1.34. The summed E-state index contributed by atoms with van der Waals surface area (Å²) in [5.74, 6) is -0.554. The normalized spacial score (nSPS) is 11.4. The van der Waals surface area contributed by atoms with E-state index in [1.165, 1.54) is 23.5 Å². The summed E-state index contributed by atoms with van der Waals surface area (Å²) < 4.78 is 12.9. The highest BCUT2D eigenvalue weighted by Gasteiger charge is 2.16. The van der Waals surface area contributed by atoms with E-state index in [0.717, 1.165) is 5.56 Å². The first kappa shape index (κ1) is 14.6. The van der Waals surface area contributed by atoms with Gasteiger partial charge in [0.25, 0.3) is 5.91 Å². The number of amides is 1. The lowest BCUT2D eigenvalue weighted by atomic mass is 10.1. The quantitative estimate of drug-likeness (QED) is 0.909. The molecule has 0 fully saturated rings. The van der Waals surface area contributed by atoms with E-state index < -0.39 is 5.54 Å². The molecule has 0 radical (unpaired) electrons. The van der Waals surface area contributed by atoms with Gasteiger partial charge in [-0.3, -0.25) is 4.79 Å². The minimum atomic E-state index is -0.467. The van der Waals surface area contributed by atoms with Crippen LogP contribution in [-0.2, 0) is 0 Å². The van der Waals surface area contributed by atoms with Gasteiger partial charge in [-0.05, 0) is 38.1 Å². The van der Waals surface area contributed by atoms with Crippen molar-refractivity contribution in [1.29, 1.82) is 0 Å². The van der Waals surface area contributed by atoms with E-state index >= 15 is 0 Å². The van der Waals surface area contributed by atoms with Crippen molar-refractivity contribution in [3.8, 4) is 10.6 Å². The van der Waals surface area contributed by atoms with Crippen LogP contribution in [0.3, 0.4) is 0 Å². The Bertz CT molecular complexity index is 602. The second-order valence-corrected chi connectivity index (χ2v) is 6.07. The Balaban J connectivity index is 2.09. The second kappa shape index (κ2) is 5.68. The van der Waals surface area contributed by atoms with E-state index in [4.69, 9.17) is 5.73 Å². The van der Waals surface area contributed by atoms with Crippen LogP contribution in [0.4, 0.5) is 4.39 Å². The average molecular weight is 293 g/mol. The standard InChI is InChI=1S/C14H16FN3OS/c1-14(2,16)8-17-12(19)11-7-20-13(18-11)9-3-5-10(15)6-4-9/h3-7H,8,16H2,1-2H3,(H,17,19). The first-order valence-electron chi connectivity index (χ1n) is 6.14. The van der Waals surface area contributed by atoms with Crippen molar-refractivity contribution in [2.24, 2.45) is 5.73 Å². The summed E-state index contributed by atoms with van der Waals surface area (Å²) in [6.45, 7) is 4.03. The molecular formula is C14H16FN3OS. The molecule has 1 heterocycles. The molecule has 4 nitrogen and oxygen atoms in total. The van der Waals surface area contributed by atoms with Crippen LogP contribution >= 0.6 is 11.3 Å². The Kier molecular flexibility index (Phi) is 4.15. The topological polar surface area (TPSA) is 68.0 Å². The molecule has 2 rings (SSSR count). The third-order valence-electron chi connectivity index (χ3n) is 2.53. The van der Waals surface area contributed by atoms with Crippen LogP contribution < -0.4 is 11.1 Å². The lowest BCUT2D eigenvalue weighted by Crippen LogP contribution is -2.45. The maximum absolute atomic E-state index is 12.9. The molecule has 2 aromatic rings. The second-order valence-electron chi connectivity index (χ2n) is 5.22. The molecule has 20 heavy (non-hydrogen) atoms. The Morgan fingerprint density at radius 1 is 1.40 bits per heavy atom. The molecule has 0 aliphatic rings. The van der Waals surface area contributed by atoms with Crippen LogP contribution in [0, 0.1) is 5.82 Å². The maximum Gasteiger partial charge on any atom is 0.270 e. The summed E-state index contributed by atoms with van der Waals surface area (Å²) in [6.07, 6.45) is 0. The van der Waals surface area contributed by atoms with Crippen LogP contribution in [-0.4, -0.2) is 23.0 Å². The van der Waals surface area contributed by atoms with E-state index in [-0.39, 0.29) is 11.7 Å². The van der Waals surface area contributed by atoms with Gasteiger partial charge in [0, 0.05) is 23.0 Å². The molecule has 0 bridgehead atoms. The number of hydrogen-bond donors (Lipinski definition) is 2. The number of hydrogen-bond acceptors (Lipinski definition) is 4. The fourth-order valence-electron chi connectivity index (χ4n) is 1.50. The van der Waals surface area contributed by atoms with Gasteiger partial charge in [0.15, 0.2) is 0 Å². The zero-order chi connectivity index (χ0) is 14.8. The van der Waals surface area contributed by atoms with Gasteiger partial charge in [-0.25, -0.2) is 9.37 Å². The molecule has 106 valence electrons. The zero-order valence-electron chi connectivity index (χ0n) is 11.3. The van der Waals surface area contributed by atoms with Crippen molar-refractivity contribution in [3.63, 3.8) is 0 Å².